The van der Waals surface area contributed by atoms with Crippen LogP contribution in [0.3, 0.4) is 0 Å². The zero-order valence-corrected chi connectivity index (χ0v) is 12.6. The van der Waals surface area contributed by atoms with Crippen LogP contribution in [-0.4, -0.2) is 41.7 Å². The van der Waals surface area contributed by atoms with E-state index in [1.165, 1.54) is 0 Å². The normalized spacial score (nSPS) is 51.2. The Morgan fingerprint density at radius 1 is 0.625 bits per heavy atom. The topological polar surface area (TPSA) is 0 Å². The minimum absolute atomic E-state index is 0.183. The predicted octanol–water partition coefficient (Wildman–Crippen LogP) is 5.36. The van der Waals surface area contributed by atoms with E-state index in [4.69, 9.17) is 0 Å². The van der Waals surface area contributed by atoms with E-state index in [0.29, 0.717) is 0 Å². The molecule has 0 saturated heterocycles. The summed E-state index contributed by atoms with van der Waals surface area (Å²) in [6.45, 7) is -4.02. The van der Waals surface area contributed by atoms with Crippen LogP contribution in [0.25, 0.3) is 0 Å². The predicted molar refractivity (Wildman–Crippen MR) is 59.9 cm³/mol. The van der Waals surface area contributed by atoms with Crippen molar-refractivity contribution in [3.63, 3.8) is 0 Å². The number of rotatable bonds is 1. The Morgan fingerprint density at radius 3 is 1.42 bits per heavy atom. The van der Waals surface area contributed by atoms with Gasteiger partial charge < -0.3 is 0 Å². The van der Waals surface area contributed by atoms with E-state index in [0.717, 1.165) is 0 Å². The van der Waals surface area contributed by atoms with Crippen molar-refractivity contribution in [1.82, 2.24) is 0 Å². The highest BCUT2D eigenvalue weighted by Gasteiger charge is 3.01. The van der Waals surface area contributed by atoms with Crippen molar-refractivity contribution < 1.29 is 48.3 Å². The van der Waals surface area contributed by atoms with E-state index >= 15 is 0 Å². The molecule has 0 spiro atoms. The largest absolute Gasteiger partial charge is 0.304 e. The molecule has 2 rings (SSSR count). The monoisotopic (exact) mass is 378 g/mol. The van der Waals surface area contributed by atoms with E-state index < -0.39 is 72.8 Å². The van der Waals surface area contributed by atoms with E-state index in [1.807, 2.05) is 0 Å². The van der Waals surface area contributed by atoms with E-state index in [1.54, 1.807) is 0 Å². The smallest absolute Gasteiger partial charge is 0.247 e. The van der Waals surface area contributed by atoms with Gasteiger partial charge in [0, 0.05) is 6.42 Å². The fraction of sp³-hybridized carbons (Fsp3) is 1.00. The van der Waals surface area contributed by atoms with Crippen molar-refractivity contribution in [1.29, 1.82) is 0 Å². The van der Waals surface area contributed by atoms with E-state index in [9.17, 15) is 48.3 Å². The second kappa shape index (κ2) is 4.13. The van der Waals surface area contributed by atoms with Gasteiger partial charge in [-0.15, -0.1) is 0 Å². The standard InChI is InChI=1S/C13H13F11/c1-6-4-9(16,5-14)13(23,24)7(2,10(6,17)18)12(21,22)8(3,15)11(6,19)20/h4-5H2,1-3H3. The molecule has 24 heavy (non-hydrogen) atoms. The summed E-state index contributed by atoms with van der Waals surface area (Å²) in [5.74, 6) is -23.2. The summed E-state index contributed by atoms with van der Waals surface area (Å²) < 4.78 is 156. The maximum Gasteiger partial charge on any atom is 0.304 e. The van der Waals surface area contributed by atoms with Gasteiger partial charge in [0.05, 0.1) is 0 Å². The van der Waals surface area contributed by atoms with Crippen LogP contribution >= 0.6 is 0 Å². The number of halogens is 11. The van der Waals surface area contributed by atoms with Crippen LogP contribution in [0.5, 0.6) is 0 Å². The second-order valence-corrected chi connectivity index (χ2v) is 7.03. The number of hydrogen-bond donors (Lipinski definition) is 0. The van der Waals surface area contributed by atoms with Gasteiger partial charge in [-0.3, -0.25) is 0 Å². The molecule has 2 aliphatic carbocycles. The Morgan fingerprint density at radius 2 is 1.04 bits per heavy atom. The van der Waals surface area contributed by atoms with E-state index in [2.05, 4.69) is 0 Å². The van der Waals surface area contributed by atoms with Crippen LogP contribution in [0, 0.1) is 10.8 Å². The second-order valence-electron chi connectivity index (χ2n) is 7.03. The number of hydrogen-bond acceptors (Lipinski definition) is 0. The van der Waals surface area contributed by atoms with Crippen LogP contribution in [0.15, 0.2) is 0 Å². The maximum atomic E-state index is 14.5. The van der Waals surface area contributed by atoms with Crippen LogP contribution < -0.4 is 0 Å². The highest BCUT2D eigenvalue weighted by atomic mass is 19.3. The van der Waals surface area contributed by atoms with Crippen molar-refractivity contribution in [3.05, 3.63) is 0 Å². The maximum absolute atomic E-state index is 14.5. The fourth-order valence-corrected chi connectivity index (χ4v) is 4.00. The van der Waals surface area contributed by atoms with Gasteiger partial charge in [0.15, 0.2) is 5.41 Å². The lowest BCUT2D eigenvalue weighted by Gasteiger charge is -2.68. The lowest BCUT2D eigenvalue weighted by atomic mass is 9.42. The third-order valence-corrected chi connectivity index (χ3v) is 5.86. The zero-order chi connectivity index (χ0) is 19.4. The van der Waals surface area contributed by atoms with Crippen LogP contribution in [0.2, 0.25) is 0 Å². The zero-order valence-electron chi connectivity index (χ0n) is 12.6. The summed E-state index contributed by atoms with van der Waals surface area (Å²) in [5, 5.41) is 0. The van der Waals surface area contributed by atoms with Gasteiger partial charge >= 0.3 is 11.8 Å². The molecule has 0 aromatic carbocycles. The molecule has 4 unspecified atom stereocenters. The van der Waals surface area contributed by atoms with Gasteiger partial charge in [-0.2, -0.15) is 0 Å². The molecule has 0 N–H and O–H groups in total. The third-order valence-electron chi connectivity index (χ3n) is 5.86. The third kappa shape index (κ3) is 1.35. The molecular formula is C13H13F11. The van der Waals surface area contributed by atoms with E-state index in [-0.39, 0.29) is 6.92 Å². The summed E-state index contributed by atoms with van der Waals surface area (Å²) in [6, 6.07) is 0. The fourth-order valence-electron chi connectivity index (χ4n) is 4.00. The van der Waals surface area contributed by atoms with Gasteiger partial charge in [0.1, 0.15) is 12.1 Å². The van der Waals surface area contributed by atoms with Crippen molar-refractivity contribution >= 4 is 0 Å². The molecular weight excluding hydrogens is 365 g/mol. The Bertz CT molecular complexity index is 558. The Kier molecular flexibility index (Phi) is 3.37. The summed E-state index contributed by atoms with van der Waals surface area (Å²) in [5.41, 5.74) is -19.4. The molecule has 0 aromatic rings. The van der Waals surface area contributed by atoms with Crippen molar-refractivity contribution in [3.8, 4) is 0 Å². The van der Waals surface area contributed by atoms with Crippen molar-refractivity contribution in [2.24, 2.45) is 10.8 Å². The summed E-state index contributed by atoms with van der Waals surface area (Å²) >= 11 is 0. The highest BCUT2D eigenvalue weighted by Crippen LogP contribution is 2.81. The first-order valence-corrected chi connectivity index (χ1v) is 6.72. The lowest BCUT2D eigenvalue weighted by Crippen LogP contribution is -2.89. The van der Waals surface area contributed by atoms with Gasteiger partial charge in [-0.25, -0.2) is 48.3 Å². The van der Waals surface area contributed by atoms with Crippen LogP contribution in [0.1, 0.15) is 27.2 Å². The van der Waals surface area contributed by atoms with Crippen LogP contribution in [-0.2, 0) is 0 Å². The van der Waals surface area contributed by atoms with Gasteiger partial charge in [0.25, 0.3) is 11.8 Å². The SMILES string of the molecule is CC1(F)C(F)(F)C2(C)CC(F)(CF)C(F)(F)C(C)(C1(F)F)C2(F)F. The molecule has 0 radical (unpaired) electrons. The van der Waals surface area contributed by atoms with Gasteiger partial charge in [-0.05, 0) is 20.8 Å². The highest BCUT2D eigenvalue weighted by molar-refractivity contribution is 5.34. The van der Waals surface area contributed by atoms with Crippen LogP contribution in [0.4, 0.5) is 48.3 Å². The molecule has 0 amide bonds. The molecule has 2 fully saturated rings. The minimum atomic E-state index is -6.08. The summed E-state index contributed by atoms with van der Waals surface area (Å²) in [7, 11) is 0. The van der Waals surface area contributed by atoms with Gasteiger partial charge in [0.2, 0.25) is 11.3 Å². The molecule has 0 heterocycles. The number of alkyl halides is 11. The molecule has 0 nitrogen and oxygen atoms in total. The lowest BCUT2D eigenvalue weighted by molar-refractivity contribution is -0.496. The average Bonchev–Trinajstić information content (AvgIpc) is 2.42. The molecule has 142 valence electrons. The molecule has 2 bridgehead atoms. The summed E-state index contributed by atoms with van der Waals surface area (Å²) in [6.07, 6.45) is -2.53. The Hall–Kier alpha value is -0.770. The van der Waals surface area contributed by atoms with Crippen molar-refractivity contribution in [2.45, 2.75) is 62.2 Å². The Labute approximate surface area is 129 Å². The molecule has 2 saturated carbocycles. The Balaban J connectivity index is 3.03. The molecule has 11 heteroatoms. The quantitative estimate of drug-likeness (QED) is 0.539. The molecule has 2 aliphatic rings. The first-order valence-electron chi connectivity index (χ1n) is 6.72. The van der Waals surface area contributed by atoms with Crippen molar-refractivity contribution in [2.75, 3.05) is 6.67 Å². The minimum Gasteiger partial charge on any atom is -0.247 e. The van der Waals surface area contributed by atoms with Gasteiger partial charge in [-0.1, -0.05) is 0 Å². The molecule has 4 atom stereocenters. The average molecular weight is 378 g/mol. The first kappa shape index (κ1) is 19.6. The molecule has 0 aliphatic heterocycles. The molecule has 0 aromatic heterocycles. The summed E-state index contributed by atoms with van der Waals surface area (Å²) in [4.78, 5) is 0. The first-order chi connectivity index (χ1) is 10.3. The number of fused-ring (bicyclic) bond motifs is 2.